The predicted molar refractivity (Wildman–Crippen MR) is 84.7 cm³/mol. The number of nitrogens with one attached hydrogen (secondary N) is 1. The molecule has 0 fully saturated rings. The first-order valence-electron chi connectivity index (χ1n) is 7.49. The van der Waals surface area contributed by atoms with E-state index >= 15 is 0 Å². The van der Waals surface area contributed by atoms with Crippen LogP contribution >= 0.6 is 0 Å². The summed E-state index contributed by atoms with van der Waals surface area (Å²) in [6, 6.07) is 7.04. The molecule has 1 aromatic rings. The molecule has 0 aliphatic heterocycles. The molecule has 0 heterocycles. The van der Waals surface area contributed by atoms with Gasteiger partial charge in [-0.1, -0.05) is 26.0 Å². The van der Waals surface area contributed by atoms with E-state index in [1.54, 1.807) is 7.11 Å². The molecule has 122 valence electrons. The van der Waals surface area contributed by atoms with Gasteiger partial charge in [-0.15, -0.1) is 0 Å². The molecule has 0 aliphatic rings. The van der Waals surface area contributed by atoms with Gasteiger partial charge in [-0.05, 0) is 30.0 Å². The standard InChI is InChI=1S/C17H25NO4/c1-12(2)11-16(18-13(3)19)17(20)22-10-9-14-5-7-15(21-4)8-6-14/h5-8,12,16H,9-11H2,1-4H3,(H,18,19)/t16-/m0/s1. The van der Waals surface area contributed by atoms with E-state index in [4.69, 9.17) is 9.47 Å². The van der Waals surface area contributed by atoms with Gasteiger partial charge >= 0.3 is 5.97 Å². The normalized spacial score (nSPS) is 11.9. The van der Waals surface area contributed by atoms with Gasteiger partial charge < -0.3 is 14.8 Å². The van der Waals surface area contributed by atoms with Crippen molar-refractivity contribution in [2.75, 3.05) is 13.7 Å². The highest BCUT2D eigenvalue weighted by atomic mass is 16.5. The Morgan fingerprint density at radius 2 is 1.82 bits per heavy atom. The molecule has 0 aliphatic carbocycles. The zero-order chi connectivity index (χ0) is 16.5. The van der Waals surface area contributed by atoms with E-state index in [0.29, 0.717) is 25.4 Å². The molecule has 0 saturated heterocycles. The lowest BCUT2D eigenvalue weighted by atomic mass is 10.0. The Balaban J connectivity index is 2.45. The largest absolute Gasteiger partial charge is 0.497 e. The SMILES string of the molecule is COc1ccc(CCOC(=O)[C@H](CC(C)C)NC(C)=O)cc1. The Bertz CT molecular complexity index is 482. The van der Waals surface area contributed by atoms with E-state index in [0.717, 1.165) is 11.3 Å². The van der Waals surface area contributed by atoms with E-state index in [2.05, 4.69) is 5.32 Å². The quantitative estimate of drug-likeness (QED) is 0.749. The Kier molecular flexibility index (Phi) is 7.43. The highest BCUT2D eigenvalue weighted by Gasteiger charge is 2.21. The summed E-state index contributed by atoms with van der Waals surface area (Å²) in [6.45, 7) is 5.69. The van der Waals surface area contributed by atoms with Gasteiger partial charge in [0.25, 0.3) is 0 Å². The second-order valence-corrected chi connectivity index (χ2v) is 5.65. The van der Waals surface area contributed by atoms with Crippen LogP contribution in [0.5, 0.6) is 5.75 Å². The fourth-order valence-electron chi connectivity index (χ4n) is 2.09. The maximum absolute atomic E-state index is 12.0. The molecule has 1 atom stereocenters. The minimum Gasteiger partial charge on any atom is -0.497 e. The number of benzene rings is 1. The average Bonchev–Trinajstić information content (AvgIpc) is 2.46. The Labute approximate surface area is 132 Å². The Hall–Kier alpha value is -2.04. The summed E-state index contributed by atoms with van der Waals surface area (Å²) in [5.74, 6) is 0.490. The van der Waals surface area contributed by atoms with Crippen molar-refractivity contribution < 1.29 is 19.1 Å². The van der Waals surface area contributed by atoms with Crippen LogP contribution in [0.15, 0.2) is 24.3 Å². The van der Waals surface area contributed by atoms with Crippen molar-refractivity contribution in [3.8, 4) is 5.75 Å². The minimum atomic E-state index is -0.576. The second-order valence-electron chi connectivity index (χ2n) is 5.65. The minimum absolute atomic E-state index is 0.224. The summed E-state index contributed by atoms with van der Waals surface area (Å²) < 4.78 is 10.4. The van der Waals surface area contributed by atoms with E-state index in [9.17, 15) is 9.59 Å². The highest BCUT2D eigenvalue weighted by Crippen LogP contribution is 2.12. The zero-order valence-corrected chi connectivity index (χ0v) is 13.7. The van der Waals surface area contributed by atoms with E-state index in [-0.39, 0.29) is 11.9 Å². The number of rotatable bonds is 8. The van der Waals surface area contributed by atoms with Crippen LogP contribution in [-0.2, 0) is 20.7 Å². The van der Waals surface area contributed by atoms with E-state index in [1.165, 1.54) is 6.92 Å². The van der Waals surface area contributed by atoms with Crippen molar-refractivity contribution >= 4 is 11.9 Å². The van der Waals surface area contributed by atoms with Crippen LogP contribution in [0, 0.1) is 5.92 Å². The monoisotopic (exact) mass is 307 g/mol. The highest BCUT2D eigenvalue weighted by molar-refractivity contribution is 5.83. The number of methoxy groups -OCH3 is 1. The fourth-order valence-corrected chi connectivity index (χ4v) is 2.09. The van der Waals surface area contributed by atoms with E-state index in [1.807, 2.05) is 38.1 Å². The number of hydrogen-bond acceptors (Lipinski definition) is 4. The molecular weight excluding hydrogens is 282 g/mol. The van der Waals surface area contributed by atoms with Crippen LogP contribution in [0.1, 0.15) is 32.8 Å². The number of carbonyl (C=O) groups is 2. The van der Waals surface area contributed by atoms with Gasteiger partial charge in [0.05, 0.1) is 13.7 Å². The van der Waals surface area contributed by atoms with Crippen LogP contribution in [0.2, 0.25) is 0 Å². The topological polar surface area (TPSA) is 64.6 Å². The zero-order valence-electron chi connectivity index (χ0n) is 13.7. The van der Waals surface area contributed by atoms with Crippen molar-refractivity contribution in [2.24, 2.45) is 5.92 Å². The van der Waals surface area contributed by atoms with Gasteiger partial charge in [0.15, 0.2) is 0 Å². The maximum atomic E-state index is 12.0. The summed E-state index contributed by atoms with van der Waals surface area (Å²) in [7, 11) is 1.62. The van der Waals surface area contributed by atoms with Crippen molar-refractivity contribution in [3.63, 3.8) is 0 Å². The molecule has 1 aromatic carbocycles. The molecule has 5 nitrogen and oxygen atoms in total. The van der Waals surface area contributed by atoms with Crippen molar-refractivity contribution in [1.29, 1.82) is 0 Å². The van der Waals surface area contributed by atoms with Crippen molar-refractivity contribution in [1.82, 2.24) is 5.32 Å². The molecule has 22 heavy (non-hydrogen) atoms. The number of carbonyl (C=O) groups excluding carboxylic acids is 2. The van der Waals surface area contributed by atoms with Crippen LogP contribution in [0.3, 0.4) is 0 Å². The molecule has 0 radical (unpaired) electrons. The fraction of sp³-hybridized carbons (Fsp3) is 0.529. The lowest BCUT2D eigenvalue weighted by molar-refractivity contribution is -0.148. The first kappa shape index (κ1) is 18.0. The lowest BCUT2D eigenvalue weighted by Gasteiger charge is -2.18. The lowest BCUT2D eigenvalue weighted by Crippen LogP contribution is -2.41. The molecule has 0 unspecified atom stereocenters. The number of hydrogen-bond donors (Lipinski definition) is 1. The molecular formula is C17H25NO4. The third kappa shape index (κ3) is 6.61. The molecule has 1 N–H and O–H groups in total. The van der Waals surface area contributed by atoms with Gasteiger partial charge in [0.2, 0.25) is 5.91 Å². The number of ether oxygens (including phenoxy) is 2. The Morgan fingerprint density at radius 1 is 1.18 bits per heavy atom. The van der Waals surface area contributed by atoms with Crippen LogP contribution in [-0.4, -0.2) is 31.6 Å². The summed E-state index contributed by atoms with van der Waals surface area (Å²) in [5, 5.41) is 2.64. The molecule has 0 saturated carbocycles. The summed E-state index contributed by atoms with van der Waals surface area (Å²) in [5.41, 5.74) is 1.06. The van der Waals surface area contributed by atoms with Crippen LogP contribution in [0.25, 0.3) is 0 Å². The number of esters is 1. The molecule has 1 rings (SSSR count). The van der Waals surface area contributed by atoms with Gasteiger partial charge in [0.1, 0.15) is 11.8 Å². The number of amides is 1. The third-order valence-corrected chi connectivity index (χ3v) is 3.16. The second kappa shape index (κ2) is 9.07. The van der Waals surface area contributed by atoms with Gasteiger partial charge in [-0.2, -0.15) is 0 Å². The molecule has 5 heteroatoms. The summed E-state index contributed by atoms with van der Waals surface area (Å²) in [4.78, 5) is 23.2. The van der Waals surface area contributed by atoms with Crippen molar-refractivity contribution in [2.45, 2.75) is 39.7 Å². The van der Waals surface area contributed by atoms with Crippen LogP contribution < -0.4 is 10.1 Å². The molecule has 0 spiro atoms. The van der Waals surface area contributed by atoms with Gasteiger partial charge in [-0.3, -0.25) is 4.79 Å². The summed E-state index contributed by atoms with van der Waals surface area (Å²) in [6.07, 6.45) is 1.20. The first-order valence-corrected chi connectivity index (χ1v) is 7.49. The van der Waals surface area contributed by atoms with E-state index < -0.39 is 6.04 Å². The maximum Gasteiger partial charge on any atom is 0.328 e. The Morgan fingerprint density at radius 3 is 2.32 bits per heavy atom. The van der Waals surface area contributed by atoms with Gasteiger partial charge in [-0.25, -0.2) is 4.79 Å². The van der Waals surface area contributed by atoms with Crippen molar-refractivity contribution in [3.05, 3.63) is 29.8 Å². The third-order valence-electron chi connectivity index (χ3n) is 3.16. The molecule has 0 aromatic heterocycles. The van der Waals surface area contributed by atoms with Crippen LogP contribution in [0.4, 0.5) is 0 Å². The summed E-state index contributed by atoms with van der Waals surface area (Å²) >= 11 is 0. The average molecular weight is 307 g/mol. The smallest absolute Gasteiger partial charge is 0.328 e. The molecule has 0 bridgehead atoms. The first-order chi connectivity index (χ1) is 10.4. The van der Waals surface area contributed by atoms with Gasteiger partial charge in [0, 0.05) is 13.3 Å². The molecule has 1 amide bonds. The predicted octanol–water partition coefficient (Wildman–Crippen LogP) is 2.33.